The lowest BCUT2D eigenvalue weighted by atomic mass is 9.51. The first-order valence-corrected chi connectivity index (χ1v) is 10.3. The molecular formula is C24H24N2O2. The number of nitrogens with zero attached hydrogens (tertiary/aromatic N) is 1. The van der Waals surface area contributed by atoms with Gasteiger partial charge >= 0.3 is 0 Å². The van der Waals surface area contributed by atoms with Crippen molar-refractivity contribution in [3.05, 3.63) is 65.4 Å². The van der Waals surface area contributed by atoms with Gasteiger partial charge in [0.2, 0.25) is 5.91 Å². The monoisotopic (exact) mass is 372 g/mol. The zero-order chi connectivity index (χ0) is 19.0. The van der Waals surface area contributed by atoms with Gasteiger partial charge in [-0.15, -0.1) is 0 Å². The summed E-state index contributed by atoms with van der Waals surface area (Å²) in [6.45, 7) is 0. The summed E-state index contributed by atoms with van der Waals surface area (Å²) >= 11 is 0. The Balaban J connectivity index is 1.71. The van der Waals surface area contributed by atoms with Crippen molar-refractivity contribution in [2.75, 3.05) is 0 Å². The highest BCUT2D eigenvalue weighted by atomic mass is 16.3. The SMILES string of the molecule is N[C@@H]1Cc2c3n(c4ccc(O)cc24)C(=O)C[C@@]2(c4ccccc4)CCC[C@@H]1[C@@H]32. The Bertz CT molecular complexity index is 1120. The molecule has 0 spiro atoms. The zero-order valence-corrected chi connectivity index (χ0v) is 15.8. The van der Waals surface area contributed by atoms with Crippen LogP contribution in [0.25, 0.3) is 10.9 Å². The molecule has 0 radical (unpaired) electrons. The summed E-state index contributed by atoms with van der Waals surface area (Å²) in [7, 11) is 0. The first-order chi connectivity index (χ1) is 13.6. The highest BCUT2D eigenvalue weighted by Crippen LogP contribution is 2.60. The van der Waals surface area contributed by atoms with Gasteiger partial charge in [-0.3, -0.25) is 9.36 Å². The number of aromatic nitrogens is 1. The molecule has 0 saturated heterocycles. The minimum absolute atomic E-state index is 0.0930. The second-order valence-electron chi connectivity index (χ2n) is 8.90. The number of hydrogen-bond donors (Lipinski definition) is 2. The molecule has 1 saturated carbocycles. The zero-order valence-electron chi connectivity index (χ0n) is 15.8. The van der Waals surface area contributed by atoms with Gasteiger partial charge in [0.25, 0.3) is 0 Å². The predicted octanol–water partition coefficient (Wildman–Crippen LogP) is 4.10. The van der Waals surface area contributed by atoms with Crippen molar-refractivity contribution in [2.45, 2.75) is 49.5 Å². The summed E-state index contributed by atoms with van der Waals surface area (Å²) in [5.41, 5.74) is 11.1. The normalized spacial score (nSPS) is 31.0. The standard InChI is InChI=1S/C24H24N2O2/c25-19-12-18-17-11-15(27)8-9-20(17)26-21(28)13-24(14-5-2-1-3-6-14)10-4-7-16(19)22(24)23(18)26/h1-3,5-6,8-9,11,16,19,22,27H,4,7,10,12-13,25H2/t16-,19+,22-,24+/m0/s1. The van der Waals surface area contributed by atoms with Gasteiger partial charge in [0.15, 0.2) is 0 Å². The fraction of sp³-hybridized carbons (Fsp3) is 0.375. The van der Waals surface area contributed by atoms with E-state index < -0.39 is 0 Å². The molecule has 0 amide bonds. The largest absolute Gasteiger partial charge is 0.508 e. The van der Waals surface area contributed by atoms with Crippen LogP contribution in [0.3, 0.4) is 0 Å². The van der Waals surface area contributed by atoms with E-state index in [9.17, 15) is 9.90 Å². The van der Waals surface area contributed by atoms with Crippen LogP contribution >= 0.6 is 0 Å². The summed E-state index contributed by atoms with van der Waals surface area (Å²) in [5, 5.41) is 11.1. The summed E-state index contributed by atoms with van der Waals surface area (Å²) in [5.74, 6) is 1.07. The van der Waals surface area contributed by atoms with Crippen molar-refractivity contribution in [2.24, 2.45) is 11.7 Å². The van der Waals surface area contributed by atoms with Gasteiger partial charge in [0.05, 0.1) is 5.52 Å². The lowest BCUT2D eigenvalue weighted by Crippen LogP contribution is -2.55. The molecule has 3 aromatic rings. The minimum atomic E-state index is -0.166. The minimum Gasteiger partial charge on any atom is -0.508 e. The van der Waals surface area contributed by atoms with E-state index in [0.717, 1.165) is 36.6 Å². The average Bonchev–Trinajstić information content (AvgIpc) is 3.03. The molecular weight excluding hydrogens is 348 g/mol. The summed E-state index contributed by atoms with van der Waals surface area (Å²) in [6.07, 6.45) is 4.58. The number of fused-ring (bicyclic) bond motifs is 3. The van der Waals surface area contributed by atoms with E-state index in [-0.39, 0.29) is 29.0 Å². The molecule has 1 fully saturated rings. The lowest BCUT2D eigenvalue weighted by Gasteiger charge is -2.54. The van der Waals surface area contributed by atoms with Crippen LogP contribution in [0.5, 0.6) is 5.75 Å². The Morgan fingerprint density at radius 1 is 1.14 bits per heavy atom. The Labute approximate surface area is 164 Å². The summed E-state index contributed by atoms with van der Waals surface area (Å²) < 4.78 is 1.96. The van der Waals surface area contributed by atoms with Crippen molar-refractivity contribution in [3.8, 4) is 5.75 Å². The molecule has 2 aromatic carbocycles. The van der Waals surface area contributed by atoms with Gasteiger partial charge < -0.3 is 10.8 Å². The van der Waals surface area contributed by atoms with Crippen LogP contribution in [0.1, 0.15) is 53.2 Å². The molecule has 1 aliphatic heterocycles. The maximum Gasteiger partial charge on any atom is 0.232 e. The predicted molar refractivity (Wildman–Crippen MR) is 109 cm³/mol. The molecule has 0 bridgehead atoms. The van der Waals surface area contributed by atoms with Crippen LogP contribution in [0.15, 0.2) is 48.5 Å². The fourth-order valence-corrected chi connectivity index (χ4v) is 6.61. The Hall–Kier alpha value is -2.59. The molecule has 3 aliphatic rings. The van der Waals surface area contributed by atoms with Gasteiger partial charge in [-0.1, -0.05) is 36.8 Å². The molecule has 6 rings (SSSR count). The van der Waals surface area contributed by atoms with Gasteiger partial charge in [0.1, 0.15) is 5.75 Å². The summed E-state index contributed by atoms with van der Waals surface area (Å²) in [6, 6.07) is 16.1. The van der Waals surface area contributed by atoms with E-state index in [2.05, 4.69) is 24.3 Å². The van der Waals surface area contributed by atoms with Crippen LogP contribution in [-0.2, 0) is 11.8 Å². The molecule has 3 N–H and O–H groups in total. The van der Waals surface area contributed by atoms with Crippen molar-refractivity contribution in [1.29, 1.82) is 0 Å². The molecule has 0 unspecified atom stereocenters. The van der Waals surface area contributed by atoms with Crippen LogP contribution in [-0.4, -0.2) is 21.6 Å². The third-order valence-corrected chi connectivity index (χ3v) is 7.63. The summed E-state index contributed by atoms with van der Waals surface area (Å²) in [4.78, 5) is 13.5. The Morgan fingerprint density at radius 2 is 1.96 bits per heavy atom. The maximum absolute atomic E-state index is 13.5. The second kappa shape index (κ2) is 5.48. The number of phenolic OH excluding ortho intramolecular Hbond substituents is 1. The molecule has 142 valence electrons. The van der Waals surface area contributed by atoms with Crippen LogP contribution in [0.4, 0.5) is 0 Å². The topological polar surface area (TPSA) is 68.2 Å². The molecule has 1 aromatic heterocycles. The van der Waals surface area contributed by atoms with Gasteiger partial charge in [-0.05, 0) is 54.5 Å². The van der Waals surface area contributed by atoms with Crippen LogP contribution in [0.2, 0.25) is 0 Å². The van der Waals surface area contributed by atoms with Crippen molar-refractivity contribution < 1.29 is 9.90 Å². The van der Waals surface area contributed by atoms with E-state index in [4.69, 9.17) is 5.73 Å². The van der Waals surface area contributed by atoms with Crippen molar-refractivity contribution in [1.82, 2.24) is 4.57 Å². The highest BCUT2D eigenvalue weighted by Gasteiger charge is 2.56. The number of carbonyl (C=O) groups is 1. The third kappa shape index (κ3) is 1.91. The van der Waals surface area contributed by atoms with E-state index in [1.54, 1.807) is 6.07 Å². The number of carbonyl (C=O) groups excluding carboxylic acids is 1. The Morgan fingerprint density at radius 3 is 2.79 bits per heavy atom. The quantitative estimate of drug-likeness (QED) is 0.676. The number of phenols is 1. The van der Waals surface area contributed by atoms with Gasteiger partial charge in [0, 0.05) is 34.9 Å². The molecule has 4 heteroatoms. The molecule has 2 aliphatic carbocycles. The number of aromatic hydroxyl groups is 1. The van der Waals surface area contributed by atoms with E-state index >= 15 is 0 Å². The highest BCUT2D eigenvalue weighted by molar-refractivity contribution is 5.99. The van der Waals surface area contributed by atoms with Crippen molar-refractivity contribution in [3.63, 3.8) is 0 Å². The molecule has 28 heavy (non-hydrogen) atoms. The first kappa shape index (κ1) is 16.4. The van der Waals surface area contributed by atoms with E-state index in [0.29, 0.717) is 12.3 Å². The molecule has 4 nitrogen and oxygen atoms in total. The fourth-order valence-electron chi connectivity index (χ4n) is 6.61. The number of nitrogens with two attached hydrogens (primary N) is 1. The third-order valence-electron chi connectivity index (χ3n) is 7.63. The van der Waals surface area contributed by atoms with Crippen LogP contribution < -0.4 is 5.73 Å². The van der Waals surface area contributed by atoms with Gasteiger partial charge in [-0.2, -0.15) is 0 Å². The first-order valence-electron chi connectivity index (χ1n) is 10.3. The van der Waals surface area contributed by atoms with E-state index in [1.165, 1.54) is 16.8 Å². The maximum atomic E-state index is 13.5. The van der Waals surface area contributed by atoms with Crippen LogP contribution in [0, 0.1) is 5.92 Å². The Kier molecular flexibility index (Phi) is 3.20. The molecule has 2 heterocycles. The number of hydrogen-bond acceptors (Lipinski definition) is 3. The second-order valence-corrected chi connectivity index (χ2v) is 8.90. The number of benzene rings is 2. The lowest BCUT2D eigenvalue weighted by molar-refractivity contribution is 0.0659. The van der Waals surface area contributed by atoms with Crippen molar-refractivity contribution >= 4 is 16.8 Å². The van der Waals surface area contributed by atoms with E-state index in [1.807, 2.05) is 22.8 Å². The van der Waals surface area contributed by atoms with Gasteiger partial charge in [-0.25, -0.2) is 0 Å². The number of rotatable bonds is 1. The average molecular weight is 372 g/mol. The smallest absolute Gasteiger partial charge is 0.232 e. The molecule has 4 atom stereocenters.